The van der Waals surface area contributed by atoms with Crippen molar-refractivity contribution in [1.82, 2.24) is 20.1 Å². The molecule has 0 bridgehead atoms. The predicted molar refractivity (Wildman–Crippen MR) is 110 cm³/mol. The SMILES string of the molecule is Cc1nc(-c2cccc(NC(=O)[C@H]3CNC[C@@H]3c3cnn(C)c3)c2)cs1.Cl. The van der Waals surface area contributed by atoms with Crippen LogP contribution >= 0.6 is 23.7 Å². The van der Waals surface area contributed by atoms with Crippen molar-refractivity contribution in [2.75, 3.05) is 18.4 Å². The molecule has 4 rings (SSSR count). The number of halogens is 1. The zero-order valence-corrected chi connectivity index (χ0v) is 16.8. The quantitative estimate of drug-likeness (QED) is 0.701. The lowest BCUT2D eigenvalue weighted by Crippen LogP contribution is -2.28. The van der Waals surface area contributed by atoms with Crippen molar-refractivity contribution in [1.29, 1.82) is 0 Å². The Kier molecular flexibility index (Phi) is 5.94. The summed E-state index contributed by atoms with van der Waals surface area (Å²) >= 11 is 1.62. The van der Waals surface area contributed by atoms with E-state index < -0.39 is 0 Å². The molecule has 27 heavy (non-hydrogen) atoms. The van der Waals surface area contributed by atoms with Crippen LogP contribution in [0.2, 0.25) is 0 Å². The van der Waals surface area contributed by atoms with Crippen molar-refractivity contribution >= 4 is 35.3 Å². The normalized spacial score (nSPS) is 18.9. The highest BCUT2D eigenvalue weighted by molar-refractivity contribution is 7.09. The molecule has 1 aromatic carbocycles. The molecule has 8 heteroatoms. The molecule has 1 amide bonds. The van der Waals surface area contributed by atoms with Crippen LogP contribution in [-0.2, 0) is 11.8 Å². The first kappa shape index (κ1) is 19.5. The van der Waals surface area contributed by atoms with Crippen LogP contribution in [0.15, 0.2) is 42.0 Å². The van der Waals surface area contributed by atoms with Gasteiger partial charge in [0.1, 0.15) is 0 Å². The molecule has 3 heterocycles. The van der Waals surface area contributed by atoms with Gasteiger partial charge in [-0.1, -0.05) is 12.1 Å². The molecule has 3 aromatic rings. The fourth-order valence-electron chi connectivity index (χ4n) is 3.42. The summed E-state index contributed by atoms with van der Waals surface area (Å²) in [6, 6.07) is 7.86. The first-order chi connectivity index (χ1) is 12.6. The number of nitrogens with zero attached hydrogens (tertiary/aromatic N) is 3. The molecule has 1 aliphatic rings. The molecule has 1 aliphatic heterocycles. The standard InChI is InChI=1S/C19H21N5OS.ClH/c1-12-22-18(11-26-12)13-4-3-5-15(6-13)23-19(25)17-9-20-8-16(17)14-7-21-24(2)10-14;/h3-7,10-11,16-17,20H,8-9H2,1-2H3,(H,23,25);1H/t16-,17+;/m1./s1. The van der Waals surface area contributed by atoms with Crippen molar-refractivity contribution in [3.05, 3.63) is 52.6 Å². The van der Waals surface area contributed by atoms with Crippen molar-refractivity contribution in [3.8, 4) is 11.3 Å². The van der Waals surface area contributed by atoms with Gasteiger partial charge >= 0.3 is 0 Å². The highest BCUT2D eigenvalue weighted by atomic mass is 35.5. The third-order valence-corrected chi connectivity index (χ3v) is 5.52. The number of aromatic nitrogens is 3. The van der Waals surface area contributed by atoms with Crippen LogP contribution in [0.5, 0.6) is 0 Å². The fourth-order valence-corrected chi connectivity index (χ4v) is 4.05. The predicted octanol–water partition coefficient (Wildman–Crippen LogP) is 3.22. The second-order valence-electron chi connectivity index (χ2n) is 6.64. The molecular formula is C19H22ClN5OS. The molecule has 0 aliphatic carbocycles. The fraction of sp³-hybridized carbons (Fsp3) is 0.316. The third-order valence-electron chi connectivity index (χ3n) is 4.75. The molecule has 1 saturated heterocycles. The lowest BCUT2D eigenvalue weighted by Gasteiger charge is -2.17. The lowest BCUT2D eigenvalue weighted by atomic mass is 9.90. The Bertz CT molecular complexity index is 938. The Morgan fingerprint density at radius 2 is 2.22 bits per heavy atom. The first-order valence-electron chi connectivity index (χ1n) is 8.63. The van der Waals surface area contributed by atoms with Gasteiger partial charge in [0.05, 0.1) is 22.8 Å². The molecule has 0 spiro atoms. The van der Waals surface area contributed by atoms with E-state index in [1.165, 1.54) is 0 Å². The lowest BCUT2D eigenvalue weighted by molar-refractivity contribution is -0.119. The Morgan fingerprint density at radius 1 is 1.37 bits per heavy atom. The maximum absolute atomic E-state index is 12.9. The van der Waals surface area contributed by atoms with Gasteiger partial charge < -0.3 is 10.6 Å². The first-order valence-corrected chi connectivity index (χ1v) is 9.51. The van der Waals surface area contributed by atoms with Crippen LogP contribution in [0.4, 0.5) is 5.69 Å². The van der Waals surface area contributed by atoms with Crippen LogP contribution in [0.3, 0.4) is 0 Å². The van der Waals surface area contributed by atoms with Crippen LogP contribution in [0.1, 0.15) is 16.5 Å². The van der Waals surface area contributed by atoms with Gasteiger partial charge in [0.25, 0.3) is 0 Å². The minimum atomic E-state index is -0.107. The third kappa shape index (κ3) is 4.21. The minimum Gasteiger partial charge on any atom is -0.326 e. The Balaban J connectivity index is 0.00000210. The van der Waals surface area contributed by atoms with Crippen molar-refractivity contribution in [2.45, 2.75) is 12.8 Å². The number of anilines is 1. The van der Waals surface area contributed by atoms with Crippen LogP contribution in [0.25, 0.3) is 11.3 Å². The zero-order valence-electron chi connectivity index (χ0n) is 15.2. The zero-order chi connectivity index (χ0) is 18.1. The van der Waals surface area contributed by atoms with Gasteiger partial charge in [-0.15, -0.1) is 23.7 Å². The second-order valence-corrected chi connectivity index (χ2v) is 7.70. The molecule has 2 aromatic heterocycles. The Labute approximate surface area is 168 Å². The van der Waals surface area contributed by atoms with Gasteiger partial charge in [-0.25, -0.2) is 4.98 Å². The summed E-state index contributed by atoms with van der Waals surface area (Å²) in [5.41, 5.74) is 3.86. The number of hydrogen-bond donors (Lipinski definition) is 2. The molecule has 1 fully saturated rings. The largest absolute Gasteiger partial charge is 0.326 e. The molecule has 0 radical (unpaired) electrons. The van der Waals surface area contributed by atoms with E-state index in [1.807, 2.05) is 56.0 Å². The van der Waals surface area contributed by atoms with Crippen LogP contribution < -0.4 is 10.6 Å². The van der Waals surface area contributed by atoms with Crippen molar-refractivity contribution in [2.24, 2.45) is 13.0 Å². The van der Waals surface area contributed by atoms with E-state index in [2.05, 4.69) is 20.7 Å². The Morgan fingerprint density at radius 3 is 2.93 bits per heavy atom. The monoisotopic (exact) mass is 403 g/mol. The average Bonchev–Trinajstić information content (AvgIpc) is 3.35. The van der Waals surface area contributed by atoms with E-state index in [0.29, 0.717) is 6.54 Å². The molecule has 0 unspecified atom stereocenters. The van der Waals surface area contributed by atoms with Gasteiger partial charge in [0, 0.05) is 48.9 Å². The molecular weight excluding hydrogens is 382 g/mol. The summed E-state index contributed by atoms with van der Waals surface area (Å²) in [5.74, 6) is 0.0768. The van der Waals surface area contributed by atoms with E-state index in [9.17, 15) is 4.79 Å². The number of thiazole rings is 1. The molecule has 6 nitrogen and oxygen atoms in total. The smallest absolute Gasteiger partial charge is 0.229 e. The summed E-state index contributed by atoms with van der Waals surface area (Å²) in [4.78, 5) is 17.4. The van der Waals surface area contributed by atoms with Crippen molar-refractivity contribution < 1.29 is 4.79 Å². The maximum Gasteiger partial charge on any atom is 0.229 e. The summed E-state index contributed by atoms with van der Waals surface area (Å²) in [7, 11) is 1.90. The van der Waals surface area contributed by atoms with E-state index in [4.69, 9.17) is 0 Å². The minimum absolute atomic E-state index is 0. The van der Waals surface area contributed by atoms with Gasteiger partial charge in [-0.05, 0) is 24.6 Å². The average molecular weight is 404 g/mol. The van der Waals surface area contributed by atoms with Gasteiger partial charge in [0.2, 0.25) is 5.91 Å². The number of amides is 1. The topological polar surface area (TPSA) is 71.8 Å². The van der Waals surface area contributed by atoms with E-state index >= 15 is 0 Å². The Hall–Kier alpha value is -2.22. The number of carbonyl (C=O) groups is 1. The maximum atomic E-state index is 12.9. The number of rotatable bonds is 4. The highest BCUT2D eigenvalue weighted by Gasteiger charge is 2.34. The van der Waals surface area contributed by atoms with Gasteiger partial charge in [-0.3, -0.25) is 9.48 Å². The van der Waals surface area contributed by atoms with Crippen molar-refractivity contribution in [3.63, 3.8) is 0 Å². The van der Waals surface area contributed by atoms with E-state index in [0.717, 1.165) is 34.1 Å². The number of carbonyl (C=O) groups excluding carboxylic acids is 1. The summed E-state index contributed by atoms with van der Waals surface area (Å²) in [6.45, 7) is 3.46. The van der Waals surface area contributed by atoms with Crippen LogP contribution in [-0.4, -0.2) is 33.8 Å². The van der Waals surface area contributed by atoms with Crippen LogP contribution in [0, 0.1) is 12.8 Å². The van der Waals surface area contributed by atoms with Gasteiger partial charge in [-0.2, -0.15) is 5.10 Å². The highest BCUT2D eigenvalue weighted by Crippen LogP contribution is 2.30. The van der Waals surface area contributed by atoms with Gasteiger partial charge in [0.15, 0.2) is 0 Å². The number of nitrogens with one attached hydrogen (secondary N) is 2. The summed E-state index contributed by atoms with van der Waals surface area (Å²) in [6.07, 6.45) is 3.84. The van der Waals surface area contributed by atoms with E-state index in [1.54, 1.807) is 16.0 Å². The molecule has 142 valence electrons. The number of aryl methyl sites for hydroxylation is 2. The molecule has 2 N–H and O–H groups in total. The number of benzene rings is 1. The second kappa shape index (κ2) is 8.21. The summed E-state index contributed by atoms with van der Waals surface area (Å²) in [5, 5.41) is 13.7. The molecule has 0 saturated carbocycles. The number of hydrogen-bond acceptors (Lipinski definition) is 5. The van der Waals surface area contributed by atoms with E-state index in [-0.39, 0.29) is 30.2 Å². The molecule has 2 atom stereocenters. The summed E-state index contributed by atoms with van der Waals surface area (Å²) < 4.78 is 1.78.